The van der Waals surface area contributed by atoms with Crippen molar-refractivity contribution in [2.24, 2.45) is 10.9 Å². The van der Waals surface area contributed by atoms with E-state index in [1.54, 1.807) is 48.8 Å². The molecule has 17 heavy (non-hydrogen) atoms. The van der Waals surface area contributed by atoms with E-state index in [4.69, 9.17) is 5.84 Å². The van der Waals surface area contributed by atoms with Crippen LogP contribution in [0.5, 0.6) is 0 Å². The molecule has 2 aromatic heterocycles. The number of pyridine rings is 2. The molecule has 0 fully saturated rings. The van der Waals surface area contributed by atoms with E-state index in [0.717, 1.165) is 0 Å². The zero-order valence-electron chi connectivity index (χ0n) is 8.95. The van der Waals surface area contributed by atoms with Gasteiger partial charge in [0.1, 0.15) is 5.69 Å². The minimum Gasteiger partial charge on any atom is -0.322 e. The van der Waals surface area contributed by atoms with E-state index in [1.807, 2.05) is 0 Å². The summed E-state index contributed by atoms with van der Waals surface area (Å²) in [5, 5.41) is 3.50. The molecule has 0 saturated carbocycles. The second-order valence-corrected chi connectivity index (χ2v) is 3.24. The lowest BCUT2D eigenvalue weighted by atomic mass is 10.1. The van der Waals surface area contributed by atoms with Gasteiger partial charge in [-0.15, -0.1) is 0 Å². The molecule has 0 radical (unpaired) electrons. The number of rotatable bonds is 3. The molecular weight excluding hydrogens is 216 g/mol. The van der Waals surface area contributed by atoms with Crippen molar-refractivity contribution in [3.05, 3.63) is 60.2 Å². The third-order valence-electron chi connectivity index (χ3n) is 2.15. The van der Waals surface area contributed by atoms with Gasteiger partial charge in [0.25, 0.3) is 0 Å². The summed E-state index contributed by atoms with van der Waals surface area (Å²) >= 11 is 0. The highest BCUT2D eigenvalue weighted by molar-refractivity contribution is 6.50. The number of nitrogens with zero attached hydrogens (tertiary/aromatic N) is 3. The van der Waals surface area contributed by atoms with Gasteiger partial charge in [-0.2, -0.15) is 5.10 Å². The summed E-state index contributed by atoms with van der Waals surface area (Å²) in [5.74, 6) is 4.90. The maximum atomic E-state index is 12.1. The standard InChI is InChI=1S/C12H10N4O/c13-16-11(9-5-1-3-7-14-9)12(17)10-6-2-4-8-15-10/h1-8H,13H2/b16-11+. The fourth-order valence-corrected chi connectivity index (χ4v) is 1.36. The Morgan fingerprint density at radius 1 is 1.00 bits per heavy atom. The number of nitrogens with two attached hydrogens (primary N) is 1. The molecule has 2 rings (SSSR count). The first-order valence-corrected chi connectivity index (χ1v) is 4.98. The highest BCUT2D eigenvalue weighted by atomic mass is 16.1. The first kappa shape index (κ1) is 10.9. The second-order valence-electron chi connectivity index (χ2n) is 3.24. The average Bonchev–Trinajstić information content (AvgIpc) is 2.42. The minimum atomic E-state index is -0.341. The van der Waals surface area contributed by atoms with Crippen LogP contribution in [-0.2, 0) is 0 Å². The Bertz CT molecular complexity index is 537. The summed E-state index contributed by atoms with van der Waals surface area (Å²) in [7, 11) is 0. The van der Waals surface area contributed by atoms with Crippen LogP contribution < -0.4 is 5.84 Å². The smallest absolute Gasteiger partial charge is 0.233 e. The zero-order chi connectivity index (χ0) is 12.1. The van der Waals surface area contributed by atoms with Gasteiger partial charge >= 0.3 is 0 Å². The fraction of sp³-hybridized carbons (Fsp3) is 0. The number of carbonyl (C=O) groups is 1. The van der Waals surface area contributed by atoms with Crippen LogP contribution in [0.1, 0.15) is 16.2 Å². The lowest BCUT2D eigenvalue weighted by molar-refractivity contribution is 0.106. The van der Waals surface area contributed by atoms with Crippen LogP contribution in [0, 0.1) is 0 Å². The summed E-state index contributed by atoms with van der Waals surface area (Å²) in [6.07, 6.45) is 3.12. The van der Waals surface area contributed by atoms with Gasteiger partial charge in [0.2, 0.25) is 5.78 Å². The van der Waals surface area contributed by atoms with Crippen molar-refractivity contribution in [2.45, 2.75) is 0 Å². The largest absolute Gasteiger partial charge is 0.322 e. The van der Waals surface area contributed by atoms with Crippen LogP contribution in [0.15, 0.2) is 53.9 Å². The summed E-state index contributed by atoms with van der Waals surface area (Å²) < 4.78 is 0. The van der Waals surface area contributed by atoms with E-state index in [9.17, 15) is 4.79 Å². The highest BCUT2D eigenvalue weighted by Gasteiger charge is 2.17. The number of Topliss-reactive ketones (excluding diaryl/α,β-unsaturated/α-hetero) is 1. The van der Waals surface area contributed by atoms with Crippen LogP contribution in [-0.4, -0.2) is 21.5 Å². The van der Waals surface area contributed by atoms with E-state index in [0.29, 0.717) is 11.4 Å². The Morgan fingerprint density at radius 2 is 1.59 bits per heavy atom. The number of carbonyl (C=O) groups excluding carboxylic acids is 1. The topological polar surface area (TPSA) is 81.2 Å². The van der Waals surface area contributed by atoms with Gasteiger partial charge in [-0.3, -0.25) is 14.8 Å². The van der Waals surface area contributed by atoms with E-state index >= 15 is 0 Å². The molecule has 0 aliphatic rings. The molecular formula is C12H10N4O. The number of aromatic nitrogens is 2. The molecule has 0 saturated heterocycles. The summed E-state index contributed by atoms with van der Waals surface area (Å²) in [4.78, 5) is 20.1. The van der Waals surface area contributed by atoms with Crippen LogP contribution in [0.4, 0.5) is 0 Å². The molecule has 0 spiro atoms. The molecule has 5 heteroatoms. The maximum Gasteiger partial charge on any atom is 0.233 e. The maximum absolute atomic E-state index is 12.1. The van der Waals surface area contributed by atoms with Gasteiger partial charge in [0.15, 0.2) is 5.71 Å². The van der Waals surface area contributed by atoms with E-state index in [2.05, 4.69) is 15.1 Å². The predicted molar refractivity (Wildman–Crippen MR) is 63.5 cm³/mol. The van der Waals surface area contributed by atoms with Gasteiger partial charge in [-0.1, -0.05) is 12.1 Å². The van der Waals surface area contributed by atoms with Crippen LogP contribution in [0.25, 0.3) is 0 Å². The molecule has 2 aromatic rings. The van der Waals surface area contributed by atoms with E-state index < -0.39 is 0 Å². The van der Waals surface area contributed by atoms with Gasteiger partial charge in [-0.05, 0) is 24.3 Å². The Kier molecular flexibility index (Phi) is 3.20. The lowest BCUT2D eigenvalue weighted by Gasteiger charge is -2.02. The van der Waals surface area contributed by atoms with Crippen molar-refractivity contribution in [3.63, 3.8) is 0 Å². The van der Waals surface area contributed by atoms with Crippen LogP contribution >= 0.6 is 0 Å². The SMILES string of the molecule is N/N=C(/C(=O)c1ccccn1)c1ccccn1. The Morgan fingerprint density at radius 3 is 2.06 bits per heavy atom. The molecule has 0 unspecified atom stereocenters. The van der Waals surface area contributed by atoms with Crippen molar-refractivity contribution < 1.29 is 4.79 Å². The molecule has 0 aliphatic heterocycles. The molecule has 0 amide bonds. The van der Waals surface area contributed by atoms with Gasteiger partial charge < -0.3 is 5.84 Å². The first-order chi connectivity index (χ1) is 8.33. The van der Waals surface area contributed by atoms with E-state index in [1.165, 1.54) is 0 Å². The van der Waals surface area contributed by atoms with Gasteiger partial charge in [0, 0.05) is 12.4 Å². The van der Waals surface area contributed by atoms with Crippen molar-refractivity contribution >= 4 is 11.5 Å². The molecule has 2 heterocycles. The third-order valence-corrected chi connectivity index (χ3v) is 2.15. The zero-order valence-corrected chi connectivity index (χ0v) is 8.95. The van der Waals surface area contributed by atoms with Crippen molar-refractivity contribution in [3.8, 4) is 0 Å². The molecule has 0 aliphatic carbocycles. The number of ketones is 1. The number of hydrogen-bond donors (Lipinski definition) is 1. The Hall–Kier alpha value is -2.56. The van der Waals surface area contributed by atoms with Gasteiger partial charge in [0.05, 0.1) is 5.69 Å². The number of hydrogen-bond acceptors (Lipinski definition) is 5. The molecule has 0 atom stereocenters. The van der Waals surface area contributed by atoms with Crippen LogP contribution in [0.2, 0.25) is 0 Å². The molecule has 0 bridgehead atoms. The highest BCUT2D eigenvalue weighted by Crippen LogP contribution is 2.03. The summed E-state index contributed by atoms with van der Waals surface area (Å²) in [6.45, 7) is 0. The van der Waals surface area contributed by atoms with E-state index in [-0.39, 0.29) is 11.5 Å². The van der Waals surface area contributed by atoms with Crippen molar-refractivity contribution in [1.82, 2.24) is 9.97 Å². The molecule has 84 valence electrons. The first-order valence-electron chi connectivity index (χ1n) is 4.98. The second kappa shape index (κ2) is 4.98. The third kappa shape index (κ3) is 2.34. The fourth-order valence-electron chi connectivity index (χ4n) is 1.36. The van der Waals surface area contributed by atoms with Crippen molar-refractivity contribution in [1.29, 1.82) is 0 Å². The Labute approximate surface area is 98.0 Å². The molecule has 2 N–H and O–H groups in total. The minimum absolute atomic E-state index is 0.101. The average molecular weight is 226 g/mol. The monoisotopic (exact) mass is 226 g/mol. The summed E-state index contributed by atoms with van der Waals surface area (Å²) in [5.41, 5.74) is 0.831. The normalized spacial score (nSPS) is 11.2. The molecule has 0 aromatic carbocycles. The number of hydrazone groups is 1. The predicted octanol–water partition coefficient (Wildman–Crippen LogP) is 1.02. The van der Waals surface area contributed by atoms with Gasteiger partial charge in [-0.25, -0.2) is 0 Å². The quantitative estimate of drug-likeness (QED) is 0.366. The Balaban J connectivity index is 2.37. The van der Waals surface area contributed by atoms with Crippen LogP contribution in [0.3, 0.4) is 0 Å². The summed E-state index contributed by atoms with van der Waals surface area (Å²) in [6, 6.07) is 10.3. The van der Waals surface area contributed by atoms with Crippen molar-refractivity contribution in [2.75, 3.05) is 0 Å². The lowest BCUT2D eigenvalue weighted by Crippen LogP contribution is -2.19. The molecule has 5 nitrogen and oxygen atoms in total.